The molecule has 2 aliphatic rings. The van der Waals surface area contributed by atoms with Crippen molar-refractivity contribution in [3.63, 3.8) is 0 Å². The Morgan fingerprint density at radius 2 is 1.97 bits per heavy atom. The number of fused-ring (bicyclic) bond motifs is 1. The van der Waals surface area contributed by atoms with Gasteiger partial charge in [0, 0.05) is 32.0 Å². The zero-order valence-corrected chi connectivity index (χ0v) is 21.6. The summed E-state index contributed by atoms with van der Waals surface area (Å²) in [5.41, 5.74) is 0.332. The van der Waals surface area contributed by atoms with Gasteiger partial charge in [-0.2, -0.15) is 4.40 Å². The van der Waals surface area contributed by atoms with Crippen molar-refractivity contribution in [3.05, 3.63) is 46.5 Å². The number of hydrogen-bond acceptors (Lipinski definition) is 9. The molecule has 2 aliphatic heterocycles. The number of allylic oxidation sites excluding steroid dienone is 1. The fourth-order valence-corrected chi connectivity index (χ4v) is 4.55. The van der Waals surface area contributed by atoms with Crippen molar-refractivity contribution < 1.29 is 33.8 Å². The highest BCUT2D eigenvalue weighted by molar-refractivity contribution is 7.93. The van der Waals surface area contributed by atoms with E-state index < -0.39 is 29.7 Å². The molecule has 3 rings (SSSR count). The number of halogens is 1. The Labute approximate surface area is 219 Å². The number of carbonyl (C=O) groups excluding carboxylic acids is 2. The number of carbonyl (C=O) groups is 2. The van der Waals surface area contributed by atoms with E-state index in [2.05, 4.69) is 4.40 Å². The minimum absolute atomic E-state index is 0.0571. The average Bonchev–Trinajstić information content (AvgIpc) is 2.84. The van der Waals surface area contributed by atoms with Crippen molar-refractivity contribution in [2.24, 2.45) is 4.40 Å². The van der Waals surface area contributed by atoms with Crippen LogP contribution in [0.25, 0.3) is 0 Å². The lowest BCUT2D eigenvalue weighted by molar-refractivity contribution is -0.133. The van der Waals surface area contributed by atoms with E-state index >= 15 is 0 Å². The van der Waals surface area contributed by atoms with E-state index in [9.17, 15) is 24.9 Å². The number of cyclic esters (lactones) is 1. The normalized spacial score (nSPS) is 24.5. The van der Waals surface area contributed by atoms with E-state index in [1.54, 1.807) is 36.1 Å². The number of phenolic OH excluding ortho intramolecular Hbond substituents is 2. The van der Waals surface area contributed by atoms with Gasteiger partial charge in [0.15, 0.2) is 0 Å². The van der Waals surface area contributed by atoms with E-state index in [0.717, 1.165) is 38.4 Å². The summed E-state index contributed by atoms with van der Waals surface area (Å²) in [6, 6.07) is 0.989. The first-order valence-corrected chi connectivity index (χ1v) is 12.9. The smallest absolute Gasteiger partial charge is 0.342 e. The topological polar surface area (TPSA) is 129 Å². The number of aliphatic hydroxyl groups excluding tert-OH is 1. The van der Waals surface area contributed by atoms with Gasteiger partial charge in [0.25, 0.3) is 0 Å². The number of aliphatic hydroxyl groups is 1. The van der Waals surface area contributed by atoms with Gasteiger partial charge in [0.1, 0.15) is 42.0 Å². The molecule has 1 saturated heterocycles. The fraction of sp³-hybridized carbons (Fsp3) is 0.480. The highest BCUT2D eigenvalue weighted by Crippen LogP contribution is 2.37. The second-order valence-electron chi connectivity index (χ2n) is 8.71. The minimum Gasteiger partial charge on any atom is -0.507 e. The van der Waals surface area contributed by atoms with Crippen LogP contribution >= 0.6 is 23.8 Å². The Balaban J connectivity index is 1.84. The Morgan fingerprint density at radius 1 is 1.22 bits per heavy atom. The zero-order chi connectivity index (χ0) is 26.1. The number of nitrogens with zero attached hydrogens (tertiary/aromatic N) is 2. The van der Waals surface area contributed by atoms with Crippen LogP contribution in [0.2, 0.25) is 5.02 Å². The monoisotopic (exact) mass is 538 g/mol. The minimum atomic E-state index is -0.803. The number of phenols is 2. The van der Waals surface area contributed by atoms with Gasteiger partial charge in [-0.25, -0.2) is 4.79 Å². The predicted molar refractivity (Wildman–Crippen MR) is 138 cm³/mol. The van der Waals surface area contributed by atoms with E-state index in [4.69, 9.17) is 20.5 Å². The summed E-state index contributed by atoms with van der Waals surface area (Å²) in [6.07, 6.45) is 9.06. The third-order valence-corrected chi connectivity index (χ3v) is 6.76. The molecule has 1 aromatic carbocycles. The molecule has 1 amide bonds. The number of aromatic hydroxyl groups is 2. The van der Waals surface area contributed by atoms with Gasteiger partial charge in [-0.15, -0.1) is 0 Å². The highest BCUT2D eigenvalue weighted by atomic mass is 35.5. The summed E-state index contributed by atoms with van der Waals surface area (Å²) >= 11 is 7.04. The fourth-order valence-electron chi connectivity index (χ4n) is 3.91. The third kappa shape index (κ3) is 7.99. The number of esters is 1. The molecule has 2 atom stereocenters. The molecule has 0 aliphatic carbocycles. The first-order valence-electron chi connectivity index (χ1n) is 11.8. The van der Waals surface area contributed by atoms with Gasteiger partial charge in [-0.1, -0.05) is 29.8 Å². The molecule has 0 unspecified atom stereocenters. The standard InChI is InChI=1S/C25H31ClN2O7S/c1-16-7-5-9-18(29)10-6-8-17(27-36-34-15-22(32)28-11-3-2-4-12-28)13-19-23(25(33)35-16)20(30)14-21(31)24(19)26/h5-6,8-9,14,16,18,29-31H,2-4,7,10-13,15H2,1H3/b8-6+,9-5+,27-17?/t16-,18-/m1/s1. The number of likely N-dealkylation sites (tertiary alicyclic amines) is 1. The van der Waals surface area contributed by atoms with Crippen LogP contribution in [0, 0.1) is 0 Å². The van der Waals surface area contributed by atoms with Crippen LogP contribution in [0.3, 0.4) is 0 Å². The van der Waals surface area contributed by atoms with Crippen molar-refractivity contribution in [1.82, 2.24) is 4.90 Å². The molecule has 196 valence electrons. The van der Waals surface area contributed by atoms with Crippen LogP contribution in [0.15, 0.2) is 34.8 Å². The quantitative estimate of drug-likeness (QED) is 0.171. The first-order chi connectivity index (χ1) is 17.3. The molecule has 11 heteroatoms. The Morgan fingerprint density at radius 3 is 2.72 bits per heavy atom. The van der Waals surface area contributed by atoms with Gasteiger partial charge in [0.05, 0.1) is 16.8 Å². The van der Waals surface area contributed by atoms with Crippen LogP contribution in [-0.2, 0) is 20.1 Å². The average molecular weight is 539 g/mol. The van der Waals surface area contributed by atoms with Gasteiger partial charge in [0.2, 0.25) is 5.91 Å². The molecule has 2 heterocycles. The molecule has 1 aromatic rings. The molecule has 9 nitrogen and oxygen atoms in total. The summed E-state index contributed by atoms with van der Waals surface area (Å²) in [5.74, 6) is -1.78. The van der Waals surface area contributed by atoms with Crippen molar-refractivity contribution >= 4 is 41.4 Å². The molecular weight excluding hydrogens is 508 g/mol. The summed E-state index contributed by atoms with van der Waals surface area (Å²) in [6.45, 7) is 2.98. The van der Waals surface area contributed by atoms with Crippen LogP contribution in [0.4, 0.5) is 0 Å². The Hall–Kier alpha value is -2.53. The predicted octanol–water partition coefficient (Wildman–Crippen LogP) is 4.14. The number of hydrogen-bond donors (Lipinski definition) is 3. The largest absolute Gasteiger partial charge is 0.507 e. The van der Waals surface area contributed by atoms with Gasteiger partial charge < -0.3 is 25.0 Å². The molecule has 0 bridgehead atoms. The number of benzene rings is 1. The molecule has 3 N–H and O–H groups in total. The summed E-state index contributed by atoms with van der Waals surface area (Å²) in [4.78, 5) is 27.0. The Kier molecular flexibility index (Phi) is 10.7. The molecule has 36 heavy (non-hydrogen) atoms. The molecule has 0 aromatic heterocycles. The van der Waals surface area contributed by atoms with E-state index in [1.165, 1.54) is 0 Å². The van der Waals surface area contributed by atoms with Crippen LogP contribution < -0.4 is 0 Å². The molecule has 0 spiro atoms. The molecular formula is C25H31ClN2O7S. The van der Waals surface area contributed by atoms with Crippen molar-refractivity contribution in [2.45, 2.75) is 57.7 Å². The lowest BCUT2D eigenvalue weighted by Gasteiger charge is -2.26. The second kappa shape index (κ2) is 13.7. The summed E-state index contributed by atoms with van der Waals surface area (Å²) < 4.78 is 15.2. The lowest BCUT2D eigenvalue weighted by atomic mass is 9.99. The van der Waals surface area contributed by atoms with Crippen molar-refractivity contribution in [1.29, 1.82) is 0 Å². The van der Waals surface area contributed by atoms with E-state index in [1.807, 2.05) is 0 Å². The summed E-state index contributed by atoms with van der Waals surface area (Å²) in [7, 11) is 0. The highest BCUT2D eigenvalue weighted by Gasteiger charge is 2.25. The number of ether oxygens (including phenoxy) is 1. The maximum Gasteiger partial charge on any atom is 0.342 e. The number of piperidine rings is 1. The Bertz CT molecular complexity index is 1040. The lowest BCUT2D eigenvalue weighted by Crippen LogP contribution is -2.37. The second-order valence-corrected chi connectivity index (χ2v) is 9.65. The van der Waals surface area contributed by atoms with Gasteiger partial charge in [-0.3, -0.25) is 8.98 Å². The maximum atomic E-state index is 12.9. The van der Waals surface area contributed by atoms with Crippen LogP contribution in [-0.4, -0.2) is 69.7 Å². The van der Waals surface area contributed by atoms with Gasteiger partial charge >= 0.3 is 5.97 Å². The maximum absolute atomic E-state index is 12.9. The third-order valence-electron chi connectivity index (χ3n) is 5.80. The zero-order valence-electron chi connectivity index (χ0n) is 20.1. The number of amides is 1. The van der Waals surface area contributed by atoms with Crippen LogP contribution in [0.1, 0.15) is 54.9 Å². The number of rotatable bonds is 4. The van der Waals surface area contributed by atoms with Crippen molar-refractivity contribution in [2.75, 3.05) is 19.7 Å². The van der Waals surface area contributed by atoms with E-state index in [0.29, 0.717) is 30.8 Å². The SMILES string of the molecule is C[C@@H]1C/C=C/[C@@H](O)C/C=C/C(=NSOCC(=O)N2CCCCC2)Cc2c(Cl)c(O)cc(O)c2C(=O)O1. The molecule has 1 fully saturated rings. The van der Waals surface area contributed by atoms with E-state index in [-0.39, 0.29) is 35.1 Å². The van der Waals surface area contributed by atoms with Crippen LogP contribution in [0.5, 0.6) is 11.5 Å². The van der Waals surface area contributed by atoms with Gasteiger partial charge in [-0.05, 0) is 44.2 Å². The van der Waals surface area contributed by atoms with Crippen molar-refractivity contribution in [3.8, 4) is 11.5 Å². The summed E-state index contributed by atoms with van der Waals surface area (Å²) in [5, 5.41) is 30.7. The molecule has 0 saturated carbocycles. The molecule has 0 radical (unpaired) electrons. The first kappa shape index (κ1) is 28.0.